The highest BCUT2D eigenvalue weighted by Crippen LogP contribution is 2.45. The SMILES string of the molecule is COc1cc(OC)c(Cl)c(-c2ccc(C(=O)Nc3ccc(CN4CCS(=O)(=O)CC4)cn3)c3nccnc23)c1F.COc1cc(OC)c(Cl)c(-c2ccc(C(=O)O)c3nccnc23)c1F. The molecule has 1 fully saturated rings. The topological polar surface area (TPSA) is 205 Å². The number of pyridine rings is 1. The molecule has 0 unspecified atom stereocenters. The number of nitrogens with one attached hydrogen (secondary N) is 1. The highest BCUT2D eigenvalue weighted by atomic mass is 35.5. The van der Waals surface area contributed by atoms with E-state index < -0.39 is 33.3 Å². The zero-order valence-electron chi connectivity index (χ0n) is 34.9. The molecular formula is C44H37Cl2F2N7O9S. The van der Waals surface area contributed by atoms with Crippen LogP contribution >= 0.6 is 23.2 Å². The number of carbonyl (C=O) groups is 2. The zero-order chi connectivity index (χ0) is 46.6. The first kappa shape index (κ1) is 46.2. The average Bonchev–Trinajstić information content (AvgIpc) is 3.30. The lowest BCUT2D eigenvalue weighted by Crippen LogP contribution is -2.39. The monoisotopic (exact) mass is 947 g/mol. The number of nitrogens with zero attached hydrogens (tertiary/aromatic N) is 6. The molecule has 0 bridgehead atoms. The Bertz CT molecular complexity index is 3030. The largest absolute Gasteiger partial charge is 0.495 e. The van der Waals surface area contributed by atoms with Crippen molar-refractivity contribution in [2.24, 2.45) is 0 Å². The Morgan fingerprint density at radius 2 is 1.14 bits per heavy atom. The molecule has 0 atom stereocenters. The highest BCUT2D eigenvalue weighted by Gasteiger charge is 2.26. The van der Waals surface area contributed by atoms with Gasteiger partial charge in [-0.15, -0.1) is 0 Å². The van der Waals surface area contributed by atoms with Crippen molar-refractivity contribution in [2.45, 2.75) is 6.54 Å². The summed E-state index contributed by atoms with van der Waals surface area (Å²) in [6, 6.07) is 12.0. The van der Waals surface area contributed by atoms with Crippen LogP contribution in [0.4, 0.5) is 14.6 Å². The van der Waals surface area contributed by atoms with E-state index in [0.29, 0.717) is 31.0 Å². The van der Waals surface area contributed by atoms with E-state index in [2.05, 4.69) is 35.1 Å². The fraction of sp³-hybridized carbons (Fsp3) is 0.205. The van der Waals surface area contributed by atoms with Crippen LogP contribution in [0.15, 0.2) is 79.5 Å². The molecule has 0 saturated carbocycles. The first-order chi connectivity index (χ1) is 31.2. The molecule has 8 rings (SSSR count). The van der Waals surface area contributed by atoms with Gasteiger partial charge in [-0.05, 0) is 23.8 Å². The van der Waals surface area contributed by atoms with Crippen molar-refractivity contribution in [3.8, 4) is 45.3 Å². The van der Waals surface area contributed by atoms with Gasteiger partial charge in [0.05, 0.1) is 72.2 Å². The van der Waals surface area contributed by atoms with Crippen LogP contribution in [0.2, 0.25) is 10.0 Å². The van der Waals surface area contributed by atoms with E-state index in [1.807, 2.05) is 6.07 Å². The van der Waals surface area contributed by atoms with Crippen LogP contribution in [0, 0.1) is 11.6 Å². The molecule has 1 aliphatic rings. The first-order valence-corrected chi connectivity index (χ1v) is 21.9. The maximum absolute atomic E-state index is 15.4. The van der Waals surface area contributed by atoms with E-state index >= 15 is 4.39 Å². The molecule has 7 aromatic rings. The van der Waals surface area contributed by atoms with E-state index in [-0.39, 0.29) is 94.4 Å². The van der Waals surface area contributed by atoms with Crippen LogP contribution < -0.4 is 24.3 Å². The quantitative estimate of drug-likeness (QED) is 0.127. The number of rotatable bonds is 11. The molecule has 4 aromatic carbocycles. The molecule has 0 radical (unpaired) electrons. The summed E-state index contributed by atoms with van der Waals surface area (Å²) in [5, 5.41) is 12.1. The summed E-state index contributed by atoms with van der Waals surface area (Å²) < 4.78 is 74.2. The van der Waals surface area contributed by atoms with E-state index in [4.69, 9.17) is 42.1 Å². The van der Waals surface area contributed by atoms with Gasteiger partial charge in [-0.3, -0.25) is 29.6 Å². The minimum atomic E-state index is -2.95. The number of anilines is 1. The Labute approximate surface area is 380 Å². The molecule has 1 saturated heterocycles. The van der Waals surface area contributed by atoms with Gasteiger partial charge in [0.15, 0.2) is 33.0 Å². The Hall–Kier alpha value is -6.80. The maximum atomic E-state index is 15.4. The number of ether oxygens (including phenoxy) is 4. The van der Waals surface area contributed by atoms with Gasteiger partial charge in [-0.1, -0.05) is 41.4 Å². The van der Waals surface area contributed by atoms with Crippen LogP contribution in [0.25, 0.3) is 44.3 Å². The smallest absolute Gasteiger partial charge is 0.337 e. The predicted octanol–water partition coefficient (Wildman–Crippen LogP) is 7.79. The van der Waals surface area contributed by atoms with Crippen molar-refractivity contribution < 1.29 is 50.8 Å². The molecule has 0 spiro atoms. The molecule has 0 aliphatic carbocycles. The standard InChI is InChI=1S/C27H25ClFN5O5S.C17H12ClFN2O4/c1-38-19-13-20(39-2)24(29)22(23(19)28)17-4-5-18(26-25(17)30-7-8-31-26)27(35)33-21-6-3-16(14-32-21)15-34-9-11-40(36,37)12-10-34;1-24-10-7-11(25-2)14(19)12(13(10)18)8-3-4-9(17(22)23)16-15(8)20-5-6-21-16/h3-8,13-14H,9-12,15H2,1-2H3,(H,32,33,35);3-7H,1-2H3,(H,22,23). The summed E-state index contributed by atoms with van der Waals surface area (Å²) in [6.07, 6.45) is 7.27. The second kappa shape index (κ2) is 19.5. The van der Waals surface area contributed by atoms with E-state index in [1.165, 1.54) is 83.6 Å². The molecular weight excluding hydrogens is 911 g/mol. The minimum Gasteiger partial charge on any atom is -0.495 e. The fourth-order valence-corrected chi connectivity index (χ4v) is 8.97. The number of carboxylic acid groups (broad SMARTS) is 1. The lowest BCUT2D eigenvalue weighted by molar-refractivity contribution is 0.0698. The van der Waals surface area contributed by atoms with Gasteiger partial charge in [-0.25, -0.2) is 27.0 Å². The number of amides is 1. The minimum absolute atomic E-state index is 0.000283. The molecule has 4 heterocycles. The number of carboxylic acids is 1. The number of benzene rings is 4. The van der Waals surface area contributed by atoms with Gasteiger partial charge >= 0.3 is 5.97 Å². The van der Waals surface area contributed by atoms with Crippen molar-refractivity contribution in [2.75, 3.05) is 58.4 Å². The summed E-state index contributed by atoms with van der Waals surface area (Å²) in [5.74, 6) is -2.12. The van der Waals surface area contributed by atoms with Gasteiger partial charge in [0.2, 0.25) is 0 Å². The number of sulfone groups is 1. The van der Waals surface area contributed by atoms with Gasteiger partial charge < -0.3 is 29.4 Å². The Kier molecular flexibility index (Phi) is 13.9. The summed E-state index contributed by atoms with van der Waals surface area (Å²) >= 11 is 12.8. The Balaban J connectivity index is 0.000000216. The second-order valence-corrected chi connectivity index (χ2v) is 17.2. The molecule has 336 valence electrons. The van der Waals surface area contributed by atoms with Crippen molar-refractivity contribution >= 4 is 72.8 Å². The normalized spacial score (nSPS) is 13.4. The van der Waals surface area contributed by atoms with Crippen molar-refractivity contribution in [3.63, 3.8) is 0 Å². The van der Waals surface area contributed by atoms with Crippen LogP contribution in [0.5, 0.6) is 23.0 Å². The van der Waals surface area contributed by atoms with E-state index in [1.54, 1.807) is 18.3 Å². The number of hydrogen-bond donors (Lipinski definition) is 2. The van der Waals surface area contributed by atoms with Gasteiger partial charge in [0, 0.05) is 85.0 Å². The molecule has 2 N–H and O–H groups in total. The zero-order valence-corrected chi connectivity index (χ0v) is 37.2. The fourth-order valence-electron chi connectivity index (χ4n) is 7.06. The van der Waals surface area contributed by atoms with Gasteiger partial charge in [-0.2, -0.15) is 0 Å². The van der Waals surface area contributed by atoms with Gasteiger partial charge in [0.25, 0.3) is 5.91 Å². The highest BCUT2D eigenvalue weighted by molar-refractivity contribution is 7.91. The molecule has 1 aliphatic heterocycles. The van der Waals surface area contributed by atoms with Crippen LogP contribution in [-0.2, 0) is 16.4 Å². The third-order valence-electron chi connectivity index (χ3n) is 10.3. The van der Waals surface area contributed by atoms with Crippen molar-refractivity contribution in [1.29, 1.82) is 0 Å². The number of fused-ring (bicyclic) bond motifs is 2. The number of methoxy groups -OCH3 is 4. The average molecular weight is 949 g/mol. The maximum Gasteiger partial charge on any atom is 0.337 e. The lowest BCUT2D eigenvalue weighted by atomic mass is 9.99. The summed E-state index contributed by atoms with van der Waals surface area (Å²) in [5.41, 5.74) is 2.51. The number of carbonyl (C=O) groups excluding carboxylic acids is 1. The number of hydrogen-bond acceptors (Lipinski definition) is 14. The Morgan fingerprint density at radius 3 is 1.58 bits per heavy atom. The van der Waals surface area contributed by atoms with Crippen molar-refractivity contribution in [3.05, 3.63) is 118 Å². The van der Waals surface area contributed by atoms with Crippen LogP contribution in [0.3, 0.4) is 0 Å². The summed E-state index contributed by atoms with van der Waals surface area (Å²) in [4.78, 5) is 48.0. The predicted molar refractivity (Wildman–Crippen MR) is 239 cm³/mol. The lowest BCUT2D eigenvalue weighted by Gasteiger charge is -2.26. The summed E-state index contributed by atoms with van der Waals surface area (Å²) in [7, 11) is 2.51. The van der Waals surface area contributed by atoms with E-state index in [9.17, 15) is 27.5 Å². The first-order valence-electron chi connectivity index (χ1n) is 19.3. The van der Waals surface area contributed by atoms with E-state index in [0.717, 1.165) is 5.56 Å². The summed E-state index contributed by atoms with van der Waals surface area (Å²) in [6.45, 7) is 1.51. The molecule has 21 heteroatoms. The molecule has 1 amide bonds. The van der Waals surface area contributed by atoms with Crippen LogP contribution in [-0.4, -0.2) is 108 Å². The third-order valence-corrected chi connectivity index (χ3v) is 12.7. The molecule has 16 nitrogen and oxygen atoms in total. The second-order valence-electron chi connectivity index (χ2n) is 14.1. The molecule has 3 aromatic heterocycles. The number of halogens is 4. The van der Waals surface area contributed by atoms with Crippen LogP contribution in [0.1, 0.15) is 26.3 Å². The van der Waals surface area contributed by atoms with Gasteiger partial charge in [0.1, 0.15) is 28.4 Å². The van der Waals surface area contributed by atoms with Crippen molar-refractivity contribution in [1.82, 2.24) is 29.8 Å². The number of aromatic carboxylic acids is 1. The Morgan fingerprint density at radius 1 is 0.677 bits per heavy atom. The third kappa shape index (κ3) is 9.54. The molecule has 65 heavy (non-hydrogen) atoms. The number of aromatic nitrogens is 5.